The summed E-state index contributed by atoms with van der Waals surface area (Å²) in [4.78, 5) is 27.3. The molecule has 0 bridgehead atoms. The third-order valence-electron chi connectivity index (χ3n) is 4.09. The second-order valence-electron chi connectivity index (χ2n) is 5.68. The Kier molecular flexibility index (Phi) is 5.00. The van der Waals surface area contributed by atoms with Crippen LogP contribution in [-0.4, -0.2) is 45.2 Å². The molecule has 0 atom stereocenters. The van der Waals surface area contributed by atoms with Gasteiger partial charge in [-0.3, -0.25) is 9.59 Å². The number of thioether (sulfide) groups is 1. The number of hydrogen-bond donors (Lipinski definition) is 0. The zero-order valence-corrected chi connectivity index (χ0v) is 14.1. The largest absolute Gasteiger partial charge is 0.336 e. The predicted molar refractivity (Wildman–Crippen MR) is 94.1 cm³/mol. The van der Waals surface area contributed by atoms with Gasteiger partial charge in [-0.2, -0.15) is 16.9 Å². The van der Waals surface area contributed by atoms with E-state index < -0.39 is 0 Å². The highest BCUT2D eigenvalue weighted by atomic mass is 32.2. The van der Waals surface area contributed by atoms with Crippen LogP contribution in [0.25, 0.3) is 10.8 Å². The minimum absolute atomic E-state index is 0.0632. The molecule has 6 heteroatoms. The summed E-state index contributed by atoms with van der Waals surface area (Å²) >= 11 is 1.86. The molecule has 5 nitrogen and oxygen atoms in total. The molecule has 1 aliphatic rings. The van der Waals surface area contributed by atoms with Crippen LogP contribution in [0.5, 0.6) is 0 Å². The van der Waals surface area contributed by atoms with E-state index >= 15 is 0 Å². The van der Waals surface area contributed by atoms with Crippen LogP contribution < -0.4 is 5.56 Å². The van der Waals surface area contributed by atoms with Crippen molar-refractivity contribution in [3.05, 3.63) is 40.3 Å². The fourth-order valence-corrected chi connectivity index (χ4v) is 3.67. The van der Waals surface area contributed by atoms with Gasteiger partial charge in [-0.05, 0) is 12.5 Å². The summed E-state index contributed by atoms with van der Waals surface area (Å²) in [5.74, 6) is 1.85. The van der Waals surface area contributed by atoms with Crippen molar-refractivity contribution in [2.24, 2.45) is 0 Å². The van der Waals surface area contributed by atoms with E-state index in [0.29, 0.717) is 23.0 Å². The van der Waals surface area contributed by atoms with E-state index in [2.05, 4.69) is 12.0 Å². The number of aromatic nitrogens is 2. The van der Waals surface area contributed by atoms with Crippen molar-refractivity contribution in [1.82, 2.24) is 14.7 Å². The minimum atomic E-state index is -0.111. The van der Waals surface area contributed by atoms with E-state index in [1.807, 2.05) is 34.9 Å². The number of rotatable bonds is 4. The molecular weight excluding hydrogens is 310 g/mol. The molecule has 2 heterocycles. The van der Waals surface area contributed by atoms with Gasteiger partial charge in [0.25, 0.3) is 11.5 Å². The SMILES string of the molecule is CCCCn1nc(C(=O)N2CCSCC2)c2ccccc2c1=O. The van der Waals surface area contributed by atoms with E-state index in [9.17, 15) is 9.59 Å². The molecular formula is C17H21N3O2S. The summed E-state index contributed by atoms with van der Waals surface area (Å²) in [5, 5.41) is 5.66. The highest BCUT2D eigenvalue weighted by Gasteiger charge is 2.23. The number of carbonyl (C=O) groups is 1. The third-order valence-corrected chi connectivity index (χ3v) is 5.03. The molecule has 1 aliphatic heterocycles. The average Bonchev–Trinajstić information content (AvgIpc) is 2.61. The molecule has 0 aliphatic carbocycles. The molecule has 1 amide bonds. The molecule has 0 unspecified atom stereocenters. The van der Waals surface area contributed by atoms with E-state index in [1.54, 1.807) is 6.07 Å². The number of nitrogens with zero attached hydrogens (tertiary/aromatic N) is 3. The van der Waals surface area contributed by atoms with Gasteiger partial charge in [-0.15, -0.1) is 0 Å². The normalized spacial score (nSPS) is 15.1. The maximum atomic E-state index is 12.9. The lowest BCUT2D eigenvalue weighted by Gasteiger charge is -2.26. The summed E-state index contributed by atoms with van der Waals surface area (Å²) in [7, 11) is 0. The molecule has 122 valence electrons. The smallest absolute Gasteiger partial charge is 0.275 e. The molecule has 2 aromatic rings. The molecule has 1 saturated heterocycles. The molecule has 1 aromatic heterocycles. The van der Waals surface area contributed by atoms with Crippen molar-refractivity contribution in [2.75, 3.05) is 24.6 Å². The van der Waals surface area contributed by atoms with Gasteiger partial charge in [0.05, 0.1) is 5.39 Å². The molecule has 1 aromatic carbocycles. The Morgan fingerprint density at radius 3 is 2.61 bits per heavy atom. The summed E-state index contributed by atoms with van der Waals surface area (Å²) in [5.41, 5.74) is 0.294. The Morgan fingerprint density at radius 2 is 1.91 bits per heavy atom. The maximum absolute atomic E-state index is 12.9. The molecule has 0 spiro atoms. The Morgan fingerprint density at radius 1 is 1.22 bits per heavy atom. The number of unbranched alkanes of at least 4 members (excludes halogenated alkanes) is 1. The van der Waals surface area contributed by atoms with Crippen LogP contribution in [0.2, 0.25) is 0 Å². The van der Waals surface area contributed by atoms with Crippen LogP contribution in [0.1, 0.15) is 30.3 Å². The highest BCUT2D eigenvalue weighted by molar-refractivity contribution is 7.99. The molecule has 1 fully saturated rings. The standard InChI is InChI=1S/C17H21N3O2S/c1-2-3-8-20-16(21)14-7-5-4-6-13(14)15(18-20)17(22)19-9-11-23-12-10-19/h4-7H,2-3,8-12H2,1H3. The number of aryl methyl sites for hydroxylation is 1. The Hall–Kier alpha value is -1.82. The number of benzene rings is 1. The quantitative estimate of drug-likeness (QED) is 0.863. The first-order chi connectivity index (χ1) is 11.2. The number of fused-ring (bicyclic) bond motifs is 1. The van der Waals surface area contributed by atoms with Crippen molar-refractivity contribution in [3.8, 4) is 0 Å². The van der Waals surface area contributed by atoms with Crippen LogP contribution >= 0.6 is 11.8 Å². The van der Waals surface area contributed by atoms with Crippen LogP contribution in [0, 0.1) is 0 Å². The van der Waals surface area contributed by atoms with Gasteiger partial charge >= 0.3 is 0 Å². The molecule has 0 radical (unpaired) electrons. The van der Waals surface area contributed by atoms with E-state index in [0.717, 1.165) is 37.4 Å². The van der Waals surface area contributed by atoms with Gasteiger partial charge in [0.15, 0.2) is 5.69 Å². The minimum Gasteiger partial charge on any atom is -0.336 e. The van der Waals surface area contributed by atoms with Gasteiger partial charge in [-0.25, -0.2) is 4.68 Å². The average molecular weight is 331 g/mol. The van der Waals surface area contributed by atoms with Gasteiger partial charge in [0, 0.05) is 36.5 Å². The predicted octanol–water partition coefficient (Wildman–Crippen LogP) is 2.39. The lowest BCUT2D eigenvalue weighted by atomic mass is 10.1. The Balaban J connectivity index is 2.08. The number of amides is 1. The van der Waals surface area contributed by atoms with Crippen molar-refractivity contribution in [2.45, 2.75) is 26.3 Å². The first-order valence-corrected chi connectivity index (χ1v) is 9.24. The lowest BCUT2D eigenvalue weighted by molar-refractivity contribution is 0.0766. The van der Waals surface area contributed by atoms with Crippen molar-refractivity contribution in [1.29, 1.82) is 0 Å². The first kappa shape index (κ1) is 16.1. The summed E-state index contributed by atoms with van der Waals surface area (Å²) in [6.07, 6.45) is 1.85. The molecule has 0 N–H and O–H groups in total. The topological polar surface area (TPSA) is 55.2 Å². The molecule has 0 saturated carbocycles. The second kappa shape index (κ2) is 7.17. The van der Waals surface area contributed by atoms with Gasteiger partial charge in [-0.1, -0.05) is 31.5 Å². The zero-order valence-electron chi connectivity index (χ0n) is 13.3. The Bertz CT molecular complexity index is 766. The van der Waals surface area contributed by atoms with Crippen molar-refractivity contribution >= 4 is 28.4 Å². The second-order valence-corrected chi connectivity index (χ2v) is 6.91. The fourth-order valence-electron chi connectivity index (χ4n) is 2.77. The van der Waals surface area contributed by atoms with E-state index in [-0.39, 0.29) is 11.5 Å². The summed E-state index contributed by atoms with van der Waals surface area (Å²) in [6.45, 7) is 4.11. The van der Waals surface area contributed by atoms with Crippen LogP contribution in [0.4, 0.5) is 0 Å². The lowest BCUT2D eigenvalue weighted by Crippen LogP contribution is -2.39. The van der Waals surface area contributed by atoms with Crippen LogP contribution in [-0.2, 0) is 6.54 Å². The maximum Gasteiger partial charge on any atom is 0.275 e. The van der Waals surface area contributed by atoms with E-state index in [4.69, 9.17) is 0 Å². The highest BCUT2D eigenvalue weighted by Crippen LogP contribution is 2.18. The Labute approximate surface area is 139 Å². The first-order valence-electron chi connectivity index (χ1n) is 8.09. The van der Waals surface area contributed by atoms with Crippen molar-refractivity contribution in [3.63, 3.8) is 0 Å². The van der Waals surface area contributed by atoms with E-state index in [1.165, 1.54) is 4.68 Å². The van der Waals surface area contributed by atoms with Crippen molar-refractivity contribution < 1.29 is 4.79 Å². The van der Waals surface area contributed by atoms with Gasteiger partial charge in [0.1, 0.15) is 0 Å². The van der Waals surface area contributed by atoms with Crippen LogP contribution in [0.3, 0.4) is 0 Å². The molecule has 23 heavy (non-hydrogen) atoms. The van der Waals surface area contributed by atoms with Gasteiger partial charge in [0.2, 0.25) is 0 Å². The number of hydrogen-bond acceptors (Lipinski definition) is 4. The fraction of sp³-hybridized carbons (Fsp3) is 0.471. The monoisotopic (exact) mass is 331 g/mol. The zero-order chi connectivity index (χ0) is 16.2. The number of carbonyl (C=O) groups excluding carboxylic acids is 1. The third kappa shape index (κ3) is 3.27. The summed E-state index contributed by atoms with van der Waals surface area (Å²) in [6, 6.07) is 7.28. The van der Waals surface area contributed by atoms with Crippen LogP contribution in [0.15, 0.2) is 29.1 Å². The van der Waals surface area contributed by atoms with Gasteiger partial charge < -0.3 is 4.90 Å². The summed E-state index contributed by atoms with van der Waals surface area (Å²) < 4.78 is 1.46. The molecule has 3 rings (SSSR count).